The Labute approximate surface area is 92.0 Å². The highest BCUT2D eigenvalue weighted by molar-refractivity contribution is 5.67. The molecule has 0 heterocycles. The molecular weight excluding hydrogens is 190 g/mol. The van der Waals surface area contributed by atoms with Crippen LogP contribution in [0.2, 0.25) is 0 Å². The van der Waals surface area contributed by atoms with Crippen molar-refractivity contribution in [3.8, 4) is 0 Å². The summed E-state index contributed by atoms with van der Waals surface area (Å²) in [6, 6.07) is 0.0221. The zero-order valence-corrected chi connectivity index (χ0v) is 9.83. The Hall–Kier alpha value is -0.570. The SMILES string of the molecule is CC(C)(CC(=O)O)C(N)C1CCCCC1. The highest BCUT2D eigenvalue weighted by Gasteiger charge is 2.34. The van der Waals surface area contributed by atoms with E-state index in [-0.39, 0.29) is 17.9 Å². The summed E-state index contributed by atoms with van der Waals surface area (Å²) in [4.78, 5) is 10.7. The third-order valence-electron chi connectivity index (χ3n) is 3.67. The molecule has 0 bridgehead atoms. The number of rotatable bonds is 4. The van der Waals surface area contributed by atoms with Gasteiger partial charge in [0.2, 0.25) is 0 Å². The van der Waals surface area contributed by atoms with Gasteiger partial charge in [-0.25, -0.2) is 0 Å². The molecule has 1 unspecified atom stereocenters. The van der Waals surface area contributed by atoms with E-state index in [1.165, 1.54) is 32.1 Å². The fourth-order valence-electron chi connectivity index (χ4n) is 2.64. The lowest BCUT2D eigenvalue weighted by molar-refractivity contribution is -0.139. The molecule has 0 spiro atoms. The van der Waals surface area contributed by atoms with Crippen LogP contribution in [-0.4, -0.2) is 17.1 Å². The van der Waals surface area contributed by atoms with Gasteiger partial charge in [-0.3, -0.25) is 4.79 Å². The van der Waals surface area contributed by atoms with E-state index in [2.05, 4.69) is 0 Å². The summed E-state index contributed by atoms with van der Waals surface area (Å²) >= 11 is 0. The van der Waals surface area contributed by atoms with Gasteiger partial charge in [0.15, 0.2) is 0 Å². The van der Waals surface area contributed by atoms with Gasteiger partial charge in [0, 0.05) is 6.04 Å². The Bertz CT molecular complexity index is 220. The summed E-state index contributed by atoms with van der Waals surface area (Å²) in [7, 11) is 0. The Morgan fingerprint density at radius 3 is 2.40 bits per heavy atom. The molecule has 1 rings (SSSR count). The maximum absolute atomic E-state index is 10.7. The summed E-state index contributed by atoms with van der Waals surface area (Å²) in [6.45, 7) is 3.95. The maximum Gasteiger partial charge on any atom is 0.303 e. The molecule has 1 aliphatic carbocycles. The topological polar surface area (TPSA) is 63.3 Å². The highest BCUT2D eigenvalue weighted by Crippen LogP contribution is 2.35. The normalized spacial score (nSPS) is 21.3. The molecule has 3 N–H and O–H groups in total. The molecule has 3 nitrogen and oxygen atoms in total. The lowest BCUT2D eigenvalue weighted by Crippen LogP contribution is -2.45. The Balaban J connectivity index is 2.55. The Kier molecular flexibility index (Phi) is 4.14. The molecule has 0 aromatic carbocycles. The summed E-state index contributed by atoms with van der Waals surface area (Å²) in [5.41, 5.74) is 5.93. The number of nitrogens with two attached hydrogens (primary N) is 1. The van der Waals surface area contributed by atoms with Crippen molar-refractivity contribution in [3.05, 3.63) is 0 Å². The first-order valence-corrected chi connectivity index (χ1v) is 5.91. The second-order valence-electron chi connectivity index (χ2n) is 5.48. The first-order valence-electron chi connectivity index (χ1n) is 5.91. The molecule has 0 aromatic heterocycles. The number of carboxylic acid groups (broad SMARTS) is 1. The van der Waals surface area contributed by atoms with Crippen LogP contribution in [0.5, 0.6) is 0 Å². The Morgan fingerprint density at radius 1 is 1.40 bits per heavy atom. The van der Waals surface area contributed by atoms with E-state index in [0.29, 0.717) is 5.92 Å². The molecule has 0 aliphatic heterocycles. The van der Waals surface area contributed by atoms with Crippen LogP contribution in [-0.2, 0) is 4.79 Å². The Morgan fingerprint density at radius 2 is 1.93 bits per heavy atom. The molecule has 3 heteroatoms. The van der Waals surface area contributed by atoms with E-state index < -0.39 is 5.97 Å². The molecule has 1 aliphatic rings. The molecule has 1 saturated carbocycles. The molecule has 15 heavy (non-hydrogen) atoms. The van der Waals surface area contributed by atoms with Crippen molar-refractivity contribution in [2.24, 2.45) is 17.1 Å². The fourth-order valence-corrected chi connectivity index (χ4v) is 2.64. The molecule has 1 fully saturated rings. The molecule has 1 atom stereocenters. The summed E-state index contributed by atoms with van der Waals surface area (Å²) in [5.74, 6) is -0.223. The van der Waals surface area contributed by atoms with Crippen molar-refractivity contribution in [2.75, 3.05) is 0 Å². The molecule has 0 saturated heterocycles. The van der Waals surface area contributed by atoms with Gasteiger partial charge in [0.05, 0.1) is 6.42 Å². The predicted molar refractivity (Wildman–Crippen MR) is 60.6 cm³/mol. The third kappa shape index (κ3) is 3.49. The van der Waals surface area contributed by atoms with Gasteiger partial charge in [-0.05, 0) is 24.2 Å². The zero-order valence-electron chi connectivity index (χ0n) is 9.83. The minimum atomic E-state index is -0.744. The van der Waals surface area contributed by atoms with Crippen molar-refractivity contribution in [1.82, 2.24) is 0 Å². The lowest BCUT2D eigenvalue weighted by atomic mass is 9.71. The van der Waals surface area contributed by atoms with Crippen molar-refractivity contribution in [1.29, 1.82) is 0 Å². The number of carboxylic acids is 1. The second-order valence-corrected chi connectivity index (χ2v) is 5.48. The number of hydrogen-bond donors (Lipinski definition) is 2. The van der Waals surface area contributed by atoms with Crippen LogP contribution in [0, 0.1) is 11.3 Å². The van der Waals surface area contributed by atoms with Crippen molar-refractivity contribution in [2.45, 2.75) is 58.4 Å². The van der Waals surface area contributed by atoms with E-state index in [4.69, 9.17) is 10.8 Å². The van der Waals surface area contributed by atoms with Crippen LogP contribution >= 0.6 is 0 Å². The minimum absolute atomic E-state index is 0.0221. The quantitative estimate of drug-likeness (QED) is 0.753. The second kappa shape index (κ2) is 4.97. The van der Waals surface area contributed by atoms with Crippen LogP contribution in [0.4, 0.5) is 0 Å². The molecule has 0 radical (unpaired) electrons. The highest BCUT2D eigenvalue weighted by atomic mass is 16.4. The van der Waals surface area contributed by atoms with Crippen LogP contribution in [0.15, 0.2) is 0 Å². The van der Waals surface area contributed by atoms with Gasteiger partial charge >= 0.3 is 5.97 Å². The first-order chi connectivity index (χ1) is 6.93. The van der Waals surface area contributed by atoms with E-state index >= 15 is 0 Å². The van der Waals surface area contributed by atoms with E-state index in [1.807, 2.05) is 13.8 Å². The summed E-state index contributed by atoms with van der Waals surface area (Å²) in [6.07, 6.45) is 6.32. The minimum Gasteiger partial charge on any atom is -0.481 e. The van der Waals surface area contributed by atoms with Gasteiger partial charge in [-0.15, -0.1) is 0 Å². The largest absolute Gasteiger partial charge is 0.481 e. The van der Waals surface area contributed by atoms with Gasteiger partial charge in [-0.2, -0.15) is 0 Å². The number of aliphatic carboxylic acids is 1. The summed E-state index contributed by atoms with van der Waals surface area (Å²) in [5, 5.41) is 8.84. The lowest BCUT2D eigenvalue weighted by Gasteiger charge is -2.38. The molecular formula is C12H23NO2. The van der Waals surface area contributed by atoms with Gasteiger partial charge in [0.1, 0.15) is 0 Å². The monoisotopic (exact) mass is 213 g/mol. The molecule has 0 amide bonds. The maximum atomic E-state index is 10.7. The predicted octanol–water partition coefficient (Wildman–Crippen LogP) is 2.39. The van der Waals surface area contributed by atoms with Crippen molar-refractivity contribution < 1.29 is 9.90 Å². The molecule has 88 valence electrons. The van der Waals surface area contributed by atoms with Crippen LogP contribution < -0.4 is 5.73 Å². The first kappa shape index (κ1) is 12.5. The van der Waals surface area contributed by atoms with E-state index in [0.717, 1.165) is 0 Å². The van der Waals surface area contributed by atoms with Gasteiger partial charge in [-0.1, -0.05) is 33.1 Å². The summed E-state index contributed by atoms with van der Waals surface area (Å²) < 4.78 is 0. The van der Waals surface area contributed by atoms with Crippen LogP contribution in [0.3, 0.4) is 0 Å². The fraction of sp³-hybridized carbons (Fsp3) is 0.917. The molecule has 0 aromatic rings. The van der Waals surface area contributed by atoms with E-state index in [1.54, 1.807) is 0 Å². The number of carbonyl (C=O) groups is 1. The average Bonchev–Trinajstić information content (AvgIpc) is 2.16. The van der Waals surface area contributed by atoms with Crippen molar-refractivity contribution in [3.63, 3.8) is 0 Å². The zero-order chi connectivity index (χ0) is 11.5. The third-order valence-corrected chi connectivity index (χ3v) is 3.67. The van der Waals surface area contributed by atoms with Crippen molar-refractivity contribution >= 4 is 5.97 Å². The number of hydrogen-bond acceptors (Lipinski definition) is 2. The van der Waals surface area contributed by atoms with Gasteiger partial charge in [0.25, 0.3) is 0 Å². The smallest absolute Gasteiger partial charge is 0.303 e. The van der Waals surface area contributed by atoms with E-state index in [9.17, 15) is 4.79 Å². The van der Waals surface area contributed by atoms with Gasteiger partial charge < -0.3 is 10.8 Å². The average molecular weight is 213 g/mol. The van der Waals surface area contributed by atoms with Crippen LogP contribution in [0.1, 0.15) is 52.4 Å². The standard InChI is InChI=1S/C12H23NO2/c1-12(2,8-10(14)15)11(13)9-6-4-3-5-7-9/h9,11H,3-8,13H2,1-2H3,(H,14,15). The van der Waals surface area contributed by atoms with Crippen LogP contribution in [0.25, 0.3) is 0 Å².